The third-order valence-corrected chi connectivity index (χ3v) is 3.32. The summed E-state index contributed by atoms with van der Waals surface area (Å²) in [5, 5.41) is 15.0. The Kier molecular flexibility index (Phi) is 4.46. The first-order valence-electron chi connectivity index (χ1n) is 7.44. The first-order chi connectivity index (χ1) is 11.6. The van der Waals surface area contributed by atoms with Crippen LogP contribution < -0.4 is 10.9 Å². The second-order valence-electron chi connectivity index (χ2n) is 5.15. The standard InChI is InChI=1S/C16H16N6O2/c1-12-7-8-15(23)21(19-12)10-9-17-16(24)14-11-18-22(20-14)13-5-3-2-4-6-13/h2-8,11H,9-10H2,1H3,(H,17,24). The maximum Gasteiger partial charge on any atom is 0.273 e. The van der Waals surface area contributed by atoms with Crippen molar-refractivity contribution in [1.82, 2.24) is 30.1 Å². The van der Waals surface area contributed by atoms with Crippen LogP contribution in [0.5, 0.6) is 0 Å². The summed E-state index contributed by atoms with van der Waals surface area (Å²) in [5.74, 6) is -0.349. The summed E-state index contributed by atoms with van der Waals surface area (Å²) < 4.78 is 1.32. The van der Waals surface area contributed by atoms with E-state index in [1.807, 2.05) is 30.3 Å². The summed E-state index contributed by atoms with van der Waals surface area (Å²) >= 11 is 0. The average molecular weight is 324 g/mol. The van der Waals surface area contributed by atoms with Gasteiger partial charge in [0.05, 0.1) is 24.1 Å². The molecule has 122 valence electrons. The second-order valence-corrected chi connectivity index (χ2v) is 5.15. The number of rotatable bonds is 5. The summed E-state index contributed by atoms with van der Waals surface area (Å²) in [5.41, 5.74) is 1.52. The summed E-state index contributed by atoms with van der Waals surface area (Å²) in [6.45, 7) is 2.36. The summed E-state index contributed by atoms with van der Waals surface area (Å²) in [6.07, 6.45) is 1.40. The molecular formula is C16H16N6O2. The van der Waals surface area contributed by atoms with E-state index in [9.17, 15) is 9.59 Å². The highest BCUT2D eigenvalue weighted by Crippen LogP contribution is 2.04. The molecule has 3 aromatic rings. The Labute approximate surface area is 137 Å². The normalized spacial score (nSPS) is 10.5. The molecule has 0 aliphatic rings. The number of nitrogens with one attached hydrogen (secondary N) is 1. The van der Waals surface area contributed by atoms with Crippen LogP contribution in [0.1, 0.15) is 16.2 Å². The number of aromatic nitrogens is 5. The zero-order chi connectivity index (χ0) is 16.9. The second kappa shape index (κ2) is 6.86. The van der Waals surface area contributed by atoms with Gasteiger partial charge in [0.25, 0.3) is 11.5 Å². The number of amides is 1. The fourth-order valence-electron chi connectivity index (χ4n) is 2.13. The van der Waals surface area contributed by atoms with Crippen LogP contribution >= 0.6 is 0 Å². The molecule has 0 bridgehead atoms. The summed E-state index contributed by atoms with van der Waals surface area (Å²) in [4.78, 5) is 25.1. The van der Waals surface area contributed by atoms with Gasteiger partial charge in [-0.15, -0.1) is 5.10 Å². The molecule has 8 heteroatoms. The maximum atomic E-state index is 12.1. The minimum atomic E-state index is -0.349. The lowest BCUT2D eigenvalue weighted by Crippen LogP contribution is -2.32. The SMILES string of the molecule is Cc1ccc(=O)n(CCNC(=O)c2cnn(-c3ccccc3)n2)n1. The quantitative estimate of drug-likeness (QED) is 0.740. The fraction of sp³-hybridized carbons (Fsp3) is 0.188. The van der Waals surface area contributed by atoms with Crippen molar-refractivity contribution in [2.24, 2.45) is 0 Å². The van der Waals surface area contributed by atoms with Gasteiger partial charge in [0, 0.05) is 12.6 Å². The number of benzene rings is 1. The van der Waals surface area contributed by atoms with Crippen molar-refractivity contribution in [3.63, 3.8) is 0 Å². The van der Waals surface area contributed by atoms with Crippen LogP contribution in [-0.4, -0.2) is 37.2 Å². The molecule has 0 spiro atoms. The lowest BCUT2D eigenvalue weighted by molar-refractivity contribution is 0.0946. The molecular weight excluding hydrogens is 308 g/mol. The third kappa shape index (κ3) is 3.54. The Morgan fingerprint density at radius 3 is 2.71 bits per heavy atom. The van der Waals surface area contributed by atoms with Crippen molar-refractivity contribution < 1.29 is 4.79 Å². The molecule has 3 rings (SSSR count). The molecule has 2 aromatic heterocycles. The molecule has 0 saturated carbocycles. The highest BCUT2D eigenvalue weighted by Gasteiger charge is 2.11. The molecule has 0 radical (unpaired) electrons. The van der Waals surface area contributed by atoms with Crippen LogP contribution in [0.3, 0.4) is 0 Å². The van der Waals surface area contributed by atoms with E-state index in [1.54, 1.807) is 13.0 Å². The molecule has 1 amide bonds. The van der Waals surface area contributed by atoms with Crippen LogP contribution in [0, 0.1) is 6.92 Å². The van der Waals surface area contributed by atoms with Gasteiger partial charge in [-0.3, -0.25) is 9.59 Å². The number of hydrogen-bond donors (Lipinski definition) is 1. The molecule has 2 heterocycles. The van der Waals surface area contributed by atoms with E-state index in [0.29, 0.717) is 6.54 Å². The first-order valence-corrected chi connectivity index (χ1v) is 7.44. The smallest absolute Gasteiger partial charge is 0.273 e. The van der Waals surface area contributed by atoms with Crippen molar-refractivity contribution in [3.8, 4) is 5.69 Å². The van der Waals surface area contributed by atoms with E-state index in [2.05, 4.69) is 20.6 Å². The maximum absolute atomic E-state index is 12.1. The van der Waals surface area contributed by atoms with Crippen LogP contribution in [-0.2, 0) is 6.54 Å². The molecule has 0 atom stereocenters. The lowest BCUT2D eigenvalue weighted by atomic mass is 10.3. The topological polar surface area (TPSA) is 94.7 Å². The van der Waals surface area contributed by atoms with E-state index < -0.39 is 0 Å². The Morgan fingerprint density at radius 1 is 1.12 bits per heavy atom. The number of aryl methyl sites for hydroxylation is 1. The first kappa shape index (κ1) is 15.6. The molecule has 8 nitrogen and oxygen atoms in total. The van der Waals surface area contributed by atoms with Gasteiger partial charge in [0.2, 0.25) is 0 Å². The van der Waals surface area contributed by atoms with E-state index in [-0.39, 0.29) is 23.7 Å². The van der Waals surface area contributed by atoms with Gasteiger partial charge in [-0.25, -0.2) is 4.68 Å². The zero-order valence-corrected chi connectivity index (χ0v) is 13.1. The van der Waals surface area contributed by atoms with Crippen molar-refractivity contribution in [2.75, 3.05) is 6.54 Å². The monoisotopic (exact) mass is 324 g/mol. The molecule has 0 aliphatic carbocycles. The summed E-state index contributed by atoms with van der Waals surface area (Å²) in [7, 11) is 0. The van der Waals surface area contributed by atoms with E-state index in [0.717, 1.165) is 11.4 Å². The van der Waals surface area contributed by atoms with E-state index in [1.165, 1.54) is 21.7 Å². The van der Waals surface area contributed by atoms with Crippen LogP contribution in [0.4, 0.5) is 0 Å². The van der Waals surface area contributed by atoms with E-state index >= 15 is 0 Å². The number of carbonyl (C=O) groups excluding carboxylic acids is 1. The molecule has 0 unspecified atom stereocenters. The largest absolute Gasteiger partial charge is 0.349 e. The van der Waals surface area contributed by atoms with Gasteiger partial charge in [0.15, 0.2) is 5.69 Å². The fourth-order valence-corrected chi connectivity index (χ4v) is 2.13. The number of carbonyl (C=O) groups is 1. The third-order valence-electron chi connectivity index (χ3n) is 3.32. The average Bonchev–Trinajstić information content (AvgIpc) is 3.09. The number of para-hydroxylation sites is 1. The van der Waals surface area contributed by atoms with Crippen molar-refractivity contribution in [2.45, 2.75) is 13.5 Å². The van der Waals surface area contributed by atoms with E-state index in [4.69, 9.17) is 0 Å². The van der Waals surface area contributed by atoms with Crippen molar-refractivity contribution in [1.29, 1.82) is 0 Å². The molecule has 1 N–H and O–H groups in total. The molecule has 0 saturated heterocycles. The van der Waals surface area contributed by atoms with Crippen molar-refractivity contribution in [3.05, 3.63) is 70.4 Å². The van der Waals surface area contributed by atoms with Crippen LogP contribution in [0.25, 0.3) is 5.69 Å². The zero-order valence-electron chi connectivity index (χ0n) is 13.1. The van der Waals surface area contributed by atoms with Gasteiger partial charge in [-0.2, -0.15) is 15.0 Å². The molecule has 0 fully saturated rings. The Morgan fingerprint density at radius 2 is 1.92 bits per heavy atom. The van der Waals surface area contributed by atoms with Gasteiger partial charge in [0.1, 0.15) is 0 Å². The number of hydrogen-bond acceptors (Lipinski definition) is 5. The number of nitrogens with zero attached hydrogens (tertiary/aromatic N) is 5. The Hall–Kier alpha value is -3.29. The van der Waals surface area contributed by atoms with Gasteiger partial charge in [-0.1, -0.05) is 18.2 Å². The predicted molar refractivity (Wildman–Crippen MR) is 86.9 cm³/mol. The van der Waals surface area contributed by atoms with Crippen molar-refractivity contribution >= 4 is 5.91 Å². The highest BCUT2D eigenvalue weighted by atomic mass is 16.2. The minimum absolute atomic E-state index is 0.204. The lowest BCUT2D eigenvalue weighted by Gasteiger charge is -2.06. The Bertz CT molecular complexity index is 900. The van der Waals surface area contributed by atoms with Crippen LogP contribution in [0.15, 0.2) is 53.5 Å². The minimum Gasteiger partial charge on any atom is -0.349 e. The summed E-state index contributed by atoms with van der Waals surface area (Å²) in [6, 6.07) is 12.4. The predicted octanol–water partition coefficient (Wildman–Crippen LogP) is 0.562. The van der Waals surface area contributed by atoms with Gasteiger partial charge in [-0.05, 0) is 25.1 Å². The Balaban J connectivity index is 1.61. The van der Waals surface area contributed by atoms with Crippen LogP contribution in [0.2, 0.25) is 0 Å². The molecule has 24 heavy (non-hydrogen) atoms. The van der Waals surface area contributed by atoms with Gasteiger partial charge >= 0.3 is 0 Å². The van der Waals surface area contributed by atoms with Gasteiger partial charge < -0.3 is 5.32 Å². The highest BCUT2D eigenvalue weighted by molar-refractivity contribution is 5.91. The molecule has 0 aliphatic heterocycles. The molecule has 1 aromatic carbocycles.